The normalized spacial score (nSPS) is 16.2. The second-order valence-corrected chi connectivity index (χ2v) is 6.39. The van der Waals surface area contributed by atoms with E-state index in [0.717, 1.165) is 49.4 Å². The maximum absolute atomic E-state index is 9.64. The SMILES string of the molecule is COc1ccc(CNc2ccc(C3(C#N)CCCCC3)nc2)cc1. The molecule has 1 aromatic heterocycles. The van der Waals surface area contributed by atoms with E-state index in [-0.39, 0.29) is 5.41 Å². The zero-order valence-electron chi connectivity index (χ0n) is 14.1. The highest BCUT2D eigenvalue weighted by atomic mass is 16.5. The highest BCUT2D eigenvalue weighted by Crippen LogP contribution is 2.38. The Morgan fingerprint density at radius 3 is 2.46 bits per heavy atom. The van der Waals surface area contributed by atoms with Crippen LogP contribution in [0.5, 0.6) is 5.75 Å². The predicted octanol–water partition coefficient (Wildman–Crippen LogP) is 4.43. The number of pyridine rings is 1. The first-order valence-electron chi connectivity index (χ1n) is 8.50. The Balaban J connectivity index is 1.64. The van der Waals surface area contributed by atoms with Crippen molar-refractivity contribution in [2.24, 2.45) is 0 Å². The molecule has 124 valence electrons. The van der Waals surface area contributed by atoms with Crippen molar-refractivity contribution in [3.8, 4) is 11.8 Å². The first-order valence-corrected chi connectivity index (χ1v) is 8.50. The Hall–Kier alpha value is -2.54. The second-order valence-electron chi connectivity index (χ2n) is 6.39. The average Bonchev–Trinajstić information content (AvgIpc) is 2.67. The van der Waals surface area contributed by atoms with Crippen molar-refractivity contribution < 1.29 is 4.74 Å². The van der Waals surface area contributed by atoms with Gasteiger partial charge >= 0.3 is 0 Å². The van der Waals surface area contributed by atoms with Crippen molar-refractivity contribution in [3.63, 3.8) is 0 Å². The van der Waals surface area contributed by atoms with E-state index < -0.39 is 0 Å². The van der Waals surface area contributed by atoms with Gasteiger partial charge in [-0.05, 0) is 42.7 Å². The molecule has 3 rings (SSSR count). The first-order chi connectivity index (χ1) is 11.8. The number of methoxy groups -OCH3 is 1. The molecular formula is C20H23N3O. The van der Waals surface area contributed by atoms with E-state index in [1.807, 2.05) is 42.6 Å². The van der Waals surface area contributed by atoms with Crippen LogP contribution in [0.3, 0.4) is 0 Å². The molecule has 0 saturated heterocycles. The molecule has 0 atom stereocenters. The van der Waals surface area contributed by atoms with Crippen LogP contribution in [-0.4, -0.2) is 12.1 Å². The molecule has 0 aliphatic heterocycles. The lowest BCUT2D eigenvalue weighted by molar-refractivity contribution is 0.358. The summed E-state index contributed by atoms with van der Waals surface area (Å²) < 4.78 is 5.17. The first kappa shape index (κ1) is 16.3. The quantitative estimate of drug-likeness (QED) is 0.885. The Morgan fingerprint density at radius 1 is 1.12 bits per heavy atom. The molecule has 4 heteroatoms. The number of benzene rings is 1. The summed E-state index contributed by atoms with van der Waals surface area (Å²) in [5, 5.41) is 13.0. The van der Waals surface area contributed by atoms with Crippen molar-refractivity contribution in [2.75, 3.05) is 12.4 Å². The summed E-state index contributed by atoms with van der Waals surface area (Å²) in [7, 11) is 1.67. The van der Waals surface area contributed by atoms with Crippen LogP contribution in [-0.2, 0) is 12.0 Å². The lowest BCUT2D eigenvalue weighted by atomic mass is 9.73. The molecule has 0 bridgehead atoms. The van der Waals surface area contributed by atoms with Crippen LogP contribution in [0.25, 0.3) is 0 Å². The fourth-order valence-corrected chi connectivity index (χ4v) is 3.31. The van der Waals surface area contributed by atoms with Gasteiger partial charge in [0.15, 0.2) is 0 Å². The fourth-order valence-electron chi connectivity index (χ4n) is 3.31. The van der Waals surface area contributed by atoms with Gasteiger partial charge in [-0.25, -0.2) is 0 Å². The van der Waals surface area contributed by atoms with Gasteiger partial charge in [0, 0.05) is 6.54 Å². The van der Waals surface area contributed by atoms with Crippen molar-refractivity contribution in [1.82, 2.24) is 4.98 Å². The van der Waals surface area contributed by atoms with Gasteiger partial charge in [-0.1, -0.05) is 31.4 Å². The van der Waals surface area contributed by atoms with Crippen molar-refractivity contribution in [2.45, 2.75) is 44.1 Å². The number of nitriles is 1. The Kier molecular flexibility index (Phi) is 5.00. The van der Waals surface area contributed by atoms with Crippen LogP contribution in [0.4, 0.5) is 5.69 Å². The topological polar surface area (TPSA) is 57.9 Å². The molecule has 0 radical (unpaired) electrons. The molecular weight excluding hydrogens is 298 g/mol. The molecule has 0 amide bonds. The third-order valence-electron chi connectivity index (χ3n) is 4.83. The molecule has 0 spiro atoms. The van der Waals surface area contributed by atoms with Gasteiger partial charge in [0.25, 0.3) is 0 Å². The summed E-state index contributed by atoms with van der Waals surface area (Å²) in [5.74, 6) is 0.860. The number of hydrogen-bond donors (Lipinski definition) is 1. The maximum atomic E-state index is 9.64. The van der Waals surface area contributed by atoms with E-state index in [0.29, 0.717) is 0 Å². The van der Waals surface area contributed by atoms with Crippen LogP contribution >= 0.6 is 0 Å². The molecule has 1 aliphatic carbocycles. The van der Waals surface area contributed by atoms with Crippen molar-refractivity contribution in [1.29, 1.82) is 5.26 Å². The maximum Gasteiger partial charge on any atom is 0.118 e. The Labute approximate surface area is 143 Å². The zero-order chi connectivity index (χ0) is 16.8. The van der Waals surface area contributed by atoms with Crippen LogP contribution in [0.15, 0.2) is 42.6 Å². The Bertz CT molecular complexity index is 695. The van der Waals surface area contributed by atoms with E-state index >= 15 is 0 Å². The summed E-state index contributed by atoms with van der Waals surface area (Å²) in [6.45, 7) is 0.731. The van der Waals surface area contributed by atoms with E-state index in [4.69, 9.17) is 4.74 Å². The molecule has 1 aromatic carbocycles. The van der Waals surface area contributed by atoms with Gasteiger partial charge < -0.3 is 10.1 Å². The van der Waals surface area contributed by atoms with Gasteiger partial charge in [-0.3, -0.25) is 4.98 Å². The van der Waals surface area contributed by atoms with Crippen LogP contribution in [0.1, 0.15) is 43.4 Å². The lowest BCUT2D eigenvalue weighted by Crippen LogP contribution is -2.28. The summed E-state index contributed by atoms with van der Waals surface area (Å²) >= 11 is 0. The molecule has 1 heterocycles. The molecule has 4 nitrogen and oxygen atoms in total. The molecule has 1 aliphatic rings. The number of nitrogens with zero attached hydrogens (tertiary/aromatic N) is 2. The van der Waals surface area contributed by atoms with Crippen LogP contribution in [0, 0.1) is 11.3 Å². The smallest absolute Gasteiger partial charge is 0.118 e. The van der Waals surface area contributed by atoms with Crippen LogP contribution in [0.2, 0.25) is 0 Å². The largest absolute Gasteiger partial charge is 0.497 e. The number of aromatic nitrogens is 1. The molecule has 1 fully saturated rings. The molecule has 0 unspecified atom stereocenters. The standard InChI is InChI=1S/C20H23N3O/c1-24-18-8-5-16(6-9-18)13-22-17-7-10-19(23-14-17)20(15-21)11-3-2-4-12-20/h5-10,14,22H,2-4,11-13H2,1H3. The zero-order valence-corrected chi connectivity index (χ0v) is 14.1. The number of hydrogen-bond acceptors (Lipinski definition) is 4. The summed E-state index contributed by atoms with van der Waals surface area (Å²) in [6.07, 6.45) is 7.15. The van der Waals surface area contributed by atoms with E-state index in [1.165, 1.54) is 12.0 Å². The lowest BCUT2D eigenvalue weighted by Gasteiger charge is -2.30. The van der Waals surface area contributed by atoms with Gasteiger partial charge in [0.1, 0.15) is 5.75 Å². The Morgan fingerprint density at radius 2 is 1.88 bits per heavy atom. The summed E-state index contributed by atoms with van der Waals surface area (Å²) in [6, 6.07) is 14.6. The highest BCUT2D eigenvalue weighted by Gasteiger charge is 2.35. The minimum absolute atomic E-state index is 0.382. The number of nitrogens with one attached hydrogen (secondary N) is 1. The van der Waals surface area contributed by atoms with Crippen LogP contribution < -0.4 is 10.1 Å². The van der Waals surface area contributed by atoms with E-state index in [1.54, 1.807) is 7.11 Å². The minimum atomic E-state index is -0.382. The number of anilines is 1. The summed E-state index contributed by atoms with van der Waals surface area (Å²) in [4.78, 5) is 4.58. The molecule has 24 heavy (non-hydrogen) atoms. The third kappa shape index (κ3) is 3.51. The van der Waals surface area contributed by atoms with Crippen molar-refractivity contribution in [3.05, 3.63) is 53.9 Å². The van der Waals surface area contributed by atoms with Gasteiger partial charge in [0.2, 0.25) is 0 Å². The van der Waals surface area contributed by atoms with Gasteiger partial charge in [-0.15, -0.1) is 0 Å². The number of ether oxygens (including phenoxy) is 1. The van der Waals surface area contributed by atoms with Gasteiger partial charge in [-0.2, -0.15) is 5.26 Å². The minimum Gasteiger partial charge on any atom is -0.497 e. The number of rotatable bonds is 5. The monoisotopic (exact) mass is 321 g/mol. The predicted molar refractivity (Wildman–Crippen MR) is 94.9 cm³/mol. The second kappa shape index (κ2) is 7.35. The van der Waals surface area contributed by atoms with Gasteiger partial charge in [0.05, 0.1) is 36.2 Å². The average molecular weight is 321 g/mol. The molecule has 1 N–H and O–H groups in total. The molecule has 1 saturated carbocycles. The van der Waals surface area contributed by atoms with E-state index in [2.05, 4.69) is 16.4 Å². The fraction of sp³-hybridized carbons (Fsp3) is 0.400. The third-order valence-corrected chi connectivity index (χ3v) is 4.83. The summed E-state index contributed by atoms with van der Waals surface area (Å²) in [5.41, 5.74) is 2.69. The van der Waals surface area contributed by atoms with Crippen molar-refractivity contribution >= 4 is 5.69 Å². The highest BCUT2D eigenvalue weighted by molar-refractivity contribution is 5.44. The van der Waals surface area contributed by atoms with E-state index in [9.17, 15) is 5.26 Å². The molecule has 2 aromatic rings.